The summed E-state index contributed by atoms with van der Waals surface area (Å²) in [4.78, 5) is 29.5. The minimum atomic E-state index is -1.01. The molecule has 0 spiro atoms. The van der Waals surface area contributed by atoms with E-state index < -0.39 is 5.54 Å². The molecule has 1 aromatic carbocycles. The molecule has 1 atom stereocenters. The van der Waals surface area contributed by atoms with Crippen LogP contribution in [0.5, 0.6) is 0 Å². The fourth-order valence-electron chi connectivity index (χ4n) is 5.25. The molecule has 5 rings (SSSR count). The topological polar surface area (TPSA) is 54.3 Å². The quantitative estimate of drug-likeness (QED) is 0.531. The van der Waals surface area contributed by atoms with Crippen molar-refractivity contribution in [2.75, 3.05) is 4.90 Å². The van der Waals surface area contributed by atoms with Crippen molar-refractivity contribution in [1.82, 2.24) is 9.88 Å². The summed E-state index contributed by atoms with van der Waals surface area (Å²) in [5.74, 6) is -0.167. The molecule has 1 aliphatic carbocycles. The van der Waals surface area contributed by atoms with Crippen LogP contribution in [0.15, 0.2) is 35.7 Å². The molecule has 3 aromatic rings. The smallest absolute Gasteiger partial charge is 0.275 e. The van der Waals surface area contributed by atoms with Crippen molar-refractivity contribution in [3.8, 4) is 0 Å². The van der Waals surface area contributed by atoms with Gasteiger partial charge in [0.05, 0.1) is 16.8 Å². The average molecular weight is 450 g/mol. The van der Waals surface area contributed by atoms with E-state index in [2.05, 4.69) is 19.2 Å². The molecule has 0 saturated heterocycles. The van der Waals surface area contributed by atoms with Gasteiger partial charge in [-0.15, -0.1) is 11.3 Å². The number of hydrogen-bond acceptors (Lipinski definition) is 3. The molecule has 5 nitrogen and oxygen atoms in total. The van der Waals surface area contributed by atoms with Crippen molar-refractivity contribution in [3.63, 3.8) is 0 Å². The van der Waals surface area contributed by atoms with Crippen LogP contribution in [0.25, 0.3) is 10.2 Å². The standard InChI is InChI=1S/C26H31N3O2S/c1-17-10-11-20(14-18(17)2)29-24(30)22-15-23-21(12-13-32-23)28(22)16-26(29,3)25(31)27-19-8-6-4-5-7-9-19/h10-15,19H,4-9,16H2,1-3H3,(H,27,31)/t26-/m1/s1. The van der Waals surface area contributed by atoms with E-state index in [0.717, 1.165) is 47.2 Å². The predicted octanol–water partition coefficient (Wildman–Crippen LogP) is 5.58. The minimum absolute atomic E-state index is 0.0568. The van der Waals surface area contributed by atoms with Crippen molar-refractivity contribution >= 4 is 39.1 Å². The highest BCUT2D eigenvalue weighted by Gasteiger charge is 2.49. The molecule has 0 unspecified atom stereocenters. The molecule has 6 heteroatoms. The molecule has 32 heavy (non-hydrogen) atoms. The number of carbonyl (C=O) groups excluding carboxylic acids is 2. The summed E-state index contributed by atoms with van der Waals surface area (Å²) >= 11 is 1.63. The number of nitrogens with zero attached hydrogens (tertiary/aromatic N) is 2. The maximum atomic E-state index is 13.9. The second kappa shape index (κ2) is 8.07. The van der Waals surface area contributed by atoms with Crippen molar-refractivity contribution in [2.24, 2.45) is 0 Å². The van der Waals surface area contributed by atoms with Gasteiger partial charge >= 0.3 is 0 Å². The molecule has 1 fully saturated rings. The van der Waals surface area contributed by atoms with Crippen molar-refractivity contribution in [1.29, 1.82) is 0 Å². The number of rotatable bonds is 3. The Bertz CT molecular complexity index is 1190. The maximum Gasteiger partial charge on any atom is 0.275 e. The lowest BCUT2D eigenvalue weighted by Gasteiger charge is -2.44. The molecule has 168 valence electrons. The predicted molar refractivity (Wildman–Crippen MR) is 131 cm³/mol. The lowest BCUT2D eigenvalue weighted by Crippen LogP contribution is -2.65. The largest absolute Gasteiger partial charge is 0.351 e. The number of nitrogens with one attached hydrogen (secondary N) is 1. The van der Waals surface area contributed by atoms with Crippen LogP contribution in [0, 0.1) is 13.8 Å². The molecule has 2 amide bonds. The number of anilines is 1. The molecule has 2 aromatic heterocycles. The van der Waals surface area contributed by atoms with Gasteiger partial charge in [0.2, 0.25) is 5.91 Å². The molecule has 1 saturated carbocycles. The average Bonchev–Trinajstić information content (AvgIpc) is 3.25. The Labute approximate surface area is 193 Å². The first-order valence-electron chi connectivity index (χ1n) is 11.7. The zero-order valence-corrected chi connectivity index (χ0v) is 19.9. The fourth-order valence-corrected chi connectivity index (χ4v) is 6.07. The highest BCUT2D eigenvalue weighted by Crippen LogP contribution is 2.38. The molecular formula is C26H31N3O2S. The van der Waals surface area contributed by atoms with Crippen LogP contribution in [0.1, 0.15) is 67.1 Å². The minimum Gasteiger partial charge on any atom is -0.351 e. The van der Waals surface area contributed by atoms with Gasteiger partial charge in [-0.25, -0.2) is 0 Å². The van der Waals surface area contributed by atoms with E-state index in [1.807, 2.05) is 47.2 Å². The van der Waals surface area contributed by atoms with Crippen LogP contribution < -0.4 is 10.2 Å². The van der Waals surface area contributed by atoms with Gasteiger partial charge < -0.3 is 9.88 Å². The van der Waals surface area contributed by atoms with Crippen LogP contribution in [0.4, 0.5) is 5.69 Å². The highest BCUT2D eigenvalue weighted by molar-refractivity contribution is 7.17. The molecule has 0 bridgehead atoms. The summed E-state index contributed by atoms with van der Waals surface area (Å²) in [6.45, 7) is 6.48. The number of aryl methyl sites for hydroxylation is 2. The number of hydrogen-bond donors (Lipinski definition) is 1. The first-order valence-corrected chi connectivity index (χ1v) is 12.6. The van der Waals surface area contributed by atoms with Gasteiger partial charge in [-0.3, -0.25) is 14.5 Å². The number of fused-ring (bicyclic) bond motifs is 3. The Morgan fingerprint density at radius 1 is 1.06 bits per heavy atom. The van der Waals surface area contributed by atoms with E-state index in [9.17, 15) is 9.59 Å². The van der Waals surface area contributed by atoms with Gasteiger partial charge in [-0.05, 0) is 74.4 Å². The van der Waals surface area contributed by atoms with Gasteiger partial charge in [0.15, 0.2) is 0 Å². The Hall–Kier alpha value is -2.60. The van der Waals surface area contributed by atoms with E-state index in [1.165, 1.54) is 18.4 Å². The van der Waals surface area contributed by atoms with E-state index >= 15 is 0 Å². The Balaban J connectivity index is 1.59. The van der Waals surface area contributed by atoms with Gasteiger partial charge in [-0.2, -0.15) is 0 Å². The zero-order valence-electron chi connectivity index (χ0n) is 19.1. The first-order chi connectivity index (χ1) is 15.4. The van der Waals surface area contributed by atoms with E-state index in [-0.39, 0.29) is 17.9 Å². The Morgan fingerprint density at radius 3 is 2.53 bits per heavy atom. The molecular weight excluding hydrogens is 418 g/mol. The fraction of sp³-hybridized carbons (Fsp3) is 0.462. The third-order valence-electron chi connectivity index (χ3n) is 7.33. The van der Waals surface area contributed by atoms with E-state index in [1.54, 1.807) is 16.2 Å². The van der Waals surface area contributed by atoms with Crippen molar-refractivity contribution < 1.29 is 9.59 Å². The Kier molecular flexibility index (Phi) is 5.36. The first kappa shape index (κ1) is 21.3. The molecule has 1 aliphatic heterocycles. The number of carbonyl (C=O) groups is 2. The summed E-state index contributed by atoms with van der Waals surface area (Å²) < 4.78 is 3.13. The van der Waals surface area contributed by atoms with Crippen LogP contribution in [0.2, 0.25) is 0 Å². The SMILES string of the molecule is Cc1ccc(N2C(=O)c3cc4sccc4n3C[C@]2(C)C(=O)NC2CCCCCC2)cc1C. The number of thiophene rings is 1. The monoisotopic (exact) mass is 449 g/mol. The lowest BCUT2D eigenvalue weighted by atomic mass is 9.92. The Morgan fingerprint density at radius 2 is 1.81 bits per heavy atom. The summed E-state index contributed by atoms with van der Waals surface area (Å²) in [7, 11) is 0. The summed E-state index contributed by atoms with van der Waals surface area (Å²) in [5, 5.41) is 5.38. The molecule has 0 radical (unpaired) electrons. The summed E-state index contributed by atoms with van der Waals surface area (Å²) in [5.41, 5.74) is 3.76. The van der Waals surface area contributed by atoms with Gasteiger partial charge in [0.25, 0.3) is 5.91 Å². The van der Waals surface area contributed by atoms with Crippen LogP contribution in [-0.2, 0) is 11.3 Å². The lowest BCUT2D eigenvalue weighted by molar-refractivity contribution is -0.127. The van der Waals surface area contributed by atoms with E-state index in [4.69, 9.17) is 0 Å². The second-order valence-corrected chi connectivity index (χ2v) is 10.6. The van der Waals surface area contributed by atoms with Crippen LogP contribution >= 0.6 is 11.3 Å². The highest BCUT2D eigenvalue weighted by atomic mass is 32.1. The summed E-state index contributed by atoms with van der Waals surface area (Å²) in [6.07, 6.45) is 6.81. The maximum absolute atomic E-state index is 13.9. The van der Waals surface area contributed by atoms with E-state index in [0.29, 0.717) is 12.2 Å². The third-order valence-corrected chi connectivity index (χ3v) is 8.19. The van der Waals surface area contributed by atoms with Gasteiger partial charge in [0, 0.05) is 11.7 Å². The van der Waals surface area contributed by atoms with Gasteiger partial charge in [0.1, 0.15) is 11.2 Å². The number of aromatic nitrogens is 1. The van der Waals surface area contributed by atoms with Crippen LogP contribution in [-0.4, -0.2) is 28.0 Å². The zero-order chi connectivity index (χ0) is 22.5. The third kappa shape index (κ3) is 3.45. The molecule has 2 aliphatic rings. The normalized spacial score (nSPS) is 22.1. The molecule has 1 N–H and O–H groups in total. The molecule has 3 heterocycles. The van der Waals surface area contributed by atoms with Crippen molar-refractivity contribution in [2.45, 2.75) is 77.4 Å². The number of benzene rings is 1. The van der Waals surface area contributed by atoms with Gasteiger partial charge in [-0.1, -0.05) is 31.7 Å². The van der Waals surface area contributed by atoms with Crippen LogP contribution in [0.3, 0.4) is 0 Å². The second-order valence-electron chi connectivity index (χ2n) is 9.63. The van der Waals surface area contributed by atoms with Crippen molar-refractivity contribution in [3.05, 3.63) is 52.5 Å². The number of amides is 2. The summed E-state index contributed by atoms with van der Waals surface area (Å²) in [6, 6.07) is 10.2.